The van der Waals surface area contributed by atoms with E-state index < -0.39 is 0 Å². The molecule has 0 radical (unpaired) electrons. The highest BCUT2D eigenvalue weighted by molar-refractivity contribution is 5.96. The zero-order chi connectivity index (χ0) is 20.1. The van der Waals surface area contributed by atoms with E-state index in [0.717, 1.165) is 11.4 Å². The molecule has 0 unspecified atom stereocenters. The van der Waals surface area contributed by atoms with Gasteiger partial charge in [-0.1, -0.05) is 0 Å². The molecule has 0 saturated carbocycles. The van der Waals surface area contributed by atoms with E-state index in [2.05, 4.69) is 30.7 Å². The minimum absolute atomic E-state index is 0.242. The predicted octanol–water partition coefficient (Wildman–Crippen LogP) is 1.83. The number of aromatic nitrogens is 5. The first-order valence-corrected chi connectivity index (χ1v) is 8.88. The number of amides is 1. The minimum Gasteiger partial charge on any atom is -0.480 e. The molecule has 9 heteroatoms. The molecule has 3 aromatic rings. The summed E-state index contributed by atoms with van der Waals surface area (Å²) in [7, 11) is 1.48. The van der Waals surface area contributed by atoms with Crippen molar-refractivity contribution in [3.63, 3.8) is 0 Å². The number of anilines is 1. The minimum atomic E-state index is -0.242. The summed E-state index contributed by atoms with van der Waals surface area (Å²) in [5.74, 6) is 2.06. The van der Waals surface area contributed by atoms with E-state index >= 15 is 0 Å². The molecule has 0 atom stereocenters. The molecule has 1 amide bonds. The Morgan fingerprint density at radius 1 is 1.18 bits per heavy atom. The summed E-state index contributed by atoms with van der Waals surface area (Å²) in [4.78, 5) is 25.1. The monoisotopic (exact) mass is 381 g/mol. The van der Waals surface area contributed by atoms with E-state index in [1.54, 1.807) is 23.0 Å². The Hall–Kier alpha value is -3.49. The topological polar surface area (TPSA) is 107 Å². The summed E-state index contributed by atoms with van der Waals surface area (Å²) < 4.78 is 6.89. The van der Waals surface area contributed by atoms with Crippen molar-refractivity contribution in [1.82, 2.24) is 30.0 Å². The molecule has 0 spiro atoms. The first-order chi connectivity index (χ1) is 13.5. The highest BCUT2D eigenvalue weighted by Crippen LogP contribution is 2.14. The lowest BCUT2D eigenvalue weighted by Crippen LogP contribution is -2.29. The smallest absolute Gasteiger partial charge is 0.256 e. The number of aryl methyl sites for hydroxylation is 3. The molecule has 3 rings (SSSR count). The summed E-state index contributed by atoms with van der Waals surface area (Å²) in [5.41, 5.74) is 2.32. The van der Waals surface area contributed by atoms with Gasteiger partial charge in [0.2, 0.25) is 5.88 Å². The third-order valence-electron chi connectivity index (χ3n) is 3.98. The van der Waals surface area contributed by atoms with Crippen LogP contribution in [0, 0.1) is 20.8 Å². The number of rotatable bonds is 7. The number of carbonyl (C=O) groups is 1. The number of pyridine rings is 1. The number of hydrogen-bond acceptors (Lipinski definition) is 7. The van der Waals surface area contributed by atoms with E-state index in [1.165, 1.54) is 7.11 Å². The van der Waals surface area contributed by atoms with Crippen molar-refractivity contribution in [3.8, 4) is 11.7 Å². The average molecular weight is 381 g/mol. The number of methoxy groups -OCH3 is 1. The molecule has 0 aromatic carbocycles. The molecule has 9 nitrogen and oxygen atoms in total. The number of ether oxygens (including phenoxy) is 1. The summed E-state index contributed by atoms with van der Waals surface area (Å²) in [6.45, 7) is 6.66. The van der Waals surface area contributed by atoms with Gasteiger partial charge in [0.15, 0.2) is 5.82 Å². The zero-order valence-electron chi connectivity index (χ0n) is 16.4. The molecule has 3 heterocycles. The Labute approximate surface area is 163 Å². The fourth-order valence-corrected chi connectivity index (χ4v) is 2.80. The first kappa shape index (κ1) is 19.3. The van der Waals surface area contributed by atoms with Crippen molar-refractivity contribution in [3.05, 3.63) is 53.2 Å². The average Bonchev–Trinajstić information content (AvgIpc) is 3.02. The first-order valence-electron chi connectivity index (χ1n) is 8.88. The molecule has 146 valence electrons. The lowest BCUT2D eigenvalue weighted by Gasteiger charge is -2.11. The number of nitrogens with one attached hydrogen (secondary N) is 2. The van der Waals surface area contributed by atoms with Gasteiger partial charge >= 0.3 is 0 Å². The van der Waals surface area contributed by atoms with Crippen LogP contribution in [0.2, 0.25) is 0 Å². The highest BCUT2D eigenvalue weighted by Gasteiger charge is 2.12. The molecular weight excluding hydrogens is 358 g/mol. The van der Waals surface area contributed by atoms with Crippen LogP contribution in [0.3, 0.4) is 0 Å². The number of hydrogen-bond donors (Lipinski definition) is 2. The SMILES string of the molecule is COc1ncccc1C(=O)NCCNc1cc(-n2nc(C)cc2C)nc(C)n1. The number of carbonyl (C=O) groups excluding carboxylic acids is 1. The quantitative estimate of drug-likeness (QED) is 0.601. The van der Waals surface area contributed by atoms with E-state index in [4.69, 9.17) is 4.74 Å². The predicted molar refractivity (Wildman–Crippen MR) is 105 cm³/mol. The van der Waals surface area contributed by atoms with Gasteiger partial charge in [-0.2, -0.15) is 5.10 Å². The van der Waals surface area contributed by atoms with Crippen molar-refractivity contribution in [2.45, 2.75) is 20.8 Å². The Kier molecular flexibility index (Phi) is 5.83. The Morgan fingerprint density at radius 3 is 2.71 bits per heavy atom. The van der Waals surface area contributed by atoms with Crippen LogP contribution in [0.1, 0.15) is 27.6 Å². The van der Waals surface area contributed by atoms with Crippen LogP contribution in [-0.2, 0) is 0 Å². The van der Waals surface area contributed by atoms with Crippen LogP contribution < -0.4 is 15.4 Å². The van der Waals surface area contributed by atoms with Crippen LogP contribution in [0.15, 0.2) is 30.5 Å². The van der Waals surface area contributed by atoms with Crippen LogP contribution in [0.5, 0.6) is 5.88 Å². The zero-order valence-corrected chi connectivity index (χ0v) is 16.4. The van der Waals surface area contributed by atoms with E-state index in [-0.39, 0.29) is 5.91 Å². The van der Waals surface area contributed by atoms with Gasteiger partial charge in [-0.15, -0.1) is 0 Å². The molecule has 0 aliphatic rings. The third kappa shape index (κ3) is 4.43. The summed E-state index contributed by atoms with van der Waals surface area (Å²) in [6.07, 6.45) is 1.58. The second-order valence-corrected chi connectivity index (χ2v) is 6.24. The van der Waals surface area contributed by atoms with Gasteiger partial charge < -0.3 is 15.4 Å². The van der Waals surface area contributed by atoms with Gasteiger partial charge in [0.1, 0.15) is 17.2 Å². The summed E-state index contributed by atoms with van der Waals surface area (Å²) >= 11 is 0. The van der Waals surface area contributed by atoms with E-state index in [0.29, 0.717) is 42.0 Å². The molecule has 2 N–H and O–H groups in total. The molecule has 0 aliphatic carbocycles. The molecule has 28 heavy (non-hydrogen) atoms. The number of nitrogens with zero attached hydrogens (tertiary/aromatic N) is 5. The van der Waals surface area contributed by atoms with E-state index in [9.17, 15) is 4.79 Å². The molecular formula is C19H23N7O2. The second kappa shape index (κ2) is 8.47. The molecule has 0 fully saturated rings. The maximum absolute atomic E-state index is 12.3. The van der Waals surface area contributed by atoms with Gasteiger partial charge in [0, 0.05) is 31.0 Å². The van der Waals surface area contributed by atoms with Crippen molar-refractivity contribution in [1.29, 1.82) is 0 Å². The van der Waals surface area contributed by atoms with Gasteiger partial charge in [0.25, 0.3) is 5.91 Å². The van der Waals surface area contributed by atoms with Crippen molar-refractivity contribution < 1.29 is 9.53 Å². The van der Waals surface area contributed by atoms with Crippen molar-refractivity contribution >= 4 is 11.7 Å². The molecule has 0 saturated heterocycles. The third-order valence-corrected chi connectivity index (χ3v) is 3.98. The van der Waals surface area contributed by atoms with E-state index in [1.807, 2.05) is 32.9 Å². The summed E-state index contributed by atoms with van der Waals surface area (Å²) in [5, 5.41) is 10.5. The normalized spacial score (nSPS) is 10.6. The van der Waals surface area contributed by atoms with Crippen LogP contribution in [-0.4, -0.2) is 50.8 Å². The van der Waals surface area contributed by atoms with Gasteiger partial charge in [0.05, 0.1) is 12.8 Å². The molecule has 3 aromatic heterocycles. The Morgan fingerprint density at radius 2 is 2.00 bits per heavy atom. The maximum Gasteiger partial charge on any atom is 0.256 e. The van der Waals surface area contributed by atoms with Gasteiger partial charge in [-0.05, 0) is 39.0 Å². The largest absolute Gasteiger partial charge is 0.480 e. The van der Waals surface area contributed by atoms with Crippen LogP contribution in [0.4, 0.5) is 5.82 Å². The fraction of sp³-hybridized carbons (Fsp3) is 0.316. The second-order valence-electron chi connectivity index (χ2n) is 6.24. The van der Waals surface area contributed by atoms with Crippen molar-refractivity contribution in [2.75, 3.05) is 25.5 Å². The Bertz CT molecular complexity index is 984. The molecule has 0 aliphatic heterocycles. The highest BCUT2D eigenvalue weighted by atomic mass is 16.5. The van der Waals surface area contributed by atoms with Gasteiger partial charge in [-0.3, -0.25) is 4.79 Å². The maximum atomic E-state index is 12.3. The van der Waals surface area contributed by atoms with Gasteiger partial charge in [-0.25, -0.2) is 19.6 Å². The fourth-order valence-electron chi connectivity index (χ4n) is 2.80. The van der Waals surface area contributed by atoms with Crippen LogP contribution in [0.25, 0.3) is 5.82 Å². The summed E-state index contributed by atoms with van der Waals surface area (Å²) in [6, 6.07) is 7.19. The lowest BCUT2D eigenvalue weighted by molar-refractivity contribution is 0.0951. The lowest BCUT2D eigenvalue weighted by atomic mass is 10.2. The standard InChI is InChI=1S/C19H23N7O2/c1-12-10-13(2)26(25-12)17-11-16(23-14(3)24-17)20-8-9-21-18(27)15-6-5-7-22-19(15)28-4/h5-7,10-11H,8-9H2,1-4H3,(H,21,27)(H,20,23,24). The molecule has 0 bridgehead atoms. The Balaban J connectivity index is 1.61. The van der Waals surface area contributed by atoms with Crippen LogP contribution >= 0.6 is 0 Å². The van der Waals surface area contributed by atoms with Crippen molar-refractivity contribution in [2.24, 2.45) is 0 Å².